The molecule has 1 saturated carbocycles. The Balaban J connectivity index is 1.75. The van der Waals surface area contributed by atoms with Crippen molar-refractivity contribution in [3.05, 3.63) is 15.7 Å². The Morgan fingerprint density at radius 1 is 1.60 bits per heavy atom. The lowest BCUT2D eigenvalue weighted by Crippen LogP contribution is -2.22. The third-order valence-corrected chi connectivity index (χ3v) is 3.33. The first-order valence-corrected chi connectivity index (χ1v) is 6.79. The van der Waals surface area contributed by atoms with Gasteiger partial charge in [0.15, 0.2) is 0 Å². The van der Waals surface area contributed by atoms with E-state index in [1.165, 1.54) is 25.2 Å². The number of aromatic nitrogens is 2. The van der Waals surface area contributed by atoms with Crippen LogP contribution in [0, 0.1) is 9.62 Å². The fraction of sp³-hybridized carbons (Fsp3) is 0.727. The van der Waals surface area contributed by atoms with E-state index in [9.17, 15) is 0 Å². The fourth-order valence-electron chi connectivity index (χ4n) is 1.72. The predicted octanol–water partition coefficient (Wildman–Crippen LogP) is 2.05. The molecule has 0 atom stereocenters. The van der Waals surface area contributed by atoms with E-state index in [0.717, 1.165) is 29.1 Å². The zero-order valence-electron chi connectivity index (χ0n) is 9.17. The van der Waals surface area contributed by atoms with Crippen LogP contribution in [-0.2, 0) is 13.0 Å². The highest BCUT2D eigenvalue weighted by molar-refractivity contribution is 14.1. The summed E-state index contributed by atoms with van der Waals surface area (Å²) in [4.78, 5) is 4.48. The first kappa shape index (κ1) is 11.4. The van der Waals surface area contributed by atoms with Gasteiger partial charge in [-0.3, -0.25) is 0 Å². The molecule has 0 unspecified atom stereocenters. The summed E-state index contributed by atoms with van der Waals surface area (Å²) < 4.78 is 3.37. The second-order valence-corrected chi connectivity index (χ2v) is 5.28. The van der Waals surface area contributed by atoms with Crippen LogP contribution in [0.3, 0.4) is 0 Å². The SMILES string of the molecule is CCc1nc(I)cn1CCNCC1CC1. The molecule has 1 aliphatic carbocycles. The molecule has 0 aliphatic heterocycles. The van der Waals surface area contributed by atoms with Gasteiger partial charge in [-0.15, -0.1) is 0 Å². The summed E-state index contributed by atoms with van der Waals surface area (Å²) in [6.45, 7) is 5.47. The Bertz CT molecular complexity index is 318. The average molecular weight is 319 g/mol. The van der Waals surface area contributed by atoms with Crippen molar-refractivity contribution in [2.45, 2.75) is 32.7 Å². The van der Waals surface area contributed by atoms with Crippen molar-refractivity contribution in [2.24, 2.45) is 5.92 Å². The minimum absolute atomic E-state index is 0.971. The van der Waals surface area contributed by atoms with Crippen LogP contribution in [0.15, 0.2) is 6.20 Å². The molecule has 1 heterocycles. The van der Waals surface area contributed by atoms with Crippen LogP contribution in [0.2, 0.25) is 0 Å². The minimum Gasteiger partial charge on any atom is -0.333 e. The number of halogens is 1. The van der Waals surface area contributed by atoms with Crippen LogP contribution in [0.4, 0.5) is 0 Å². The lowest BCUT2D eigenvalue weighted by Gasteiger charge is -2.07. The molecule has 3 nitrogen and oxygen atoms in total. The average Bonchev–Trinajstić information content (AvgIpc) is 2.97. The van der Waals surface area contributed by atoms with Crippen LogP contribution >= 0.6 is 22.6 Å². The maximum atomic E-state index is 4.48. The normalized spacial score (nSPS) is 15.9. The van der Waals surface area contributed by atoms with Gasteiger partial charge in [0.2, 0.25) is 0 Å². The molecule has 0 bridgehead atoms. The molecule has 84 valence electrons. The zero-order chi connectivity index (χ0) is 10.7. The Morgan fingerprint density at radius 3 is 3.07 bits per heavy atom. The van der Waals surface area contributed by atoms with Crippen molar-refractivity contribution in [1.29, 1.82) is 0 Å². The van der Waals surface area contributed by atoms with E-state index in [0.29, 0.717) is 0 Å². The highest BCUT2D eigenvalue weighted by atomic mass is 127. The third-order valence-electron chi connectivity index (χ3n) is 2.81. The van der Waals surface area contributed by atoms with E-state index >= 15 is 0 Å². The van der Waals surface area contributed by atoms with Gasteiger partial charge in [0, 0.05) is 25.7 Å². The molecular weight excluding hydrogens is 301 g/mol. The molecule has 0 aromatic carbocycles. The fourth-order valence-corrected chi connectivity index (χ4v) is 2.34. The summed E-state index contributed by atoms with van der Waals surface area (Å²) in [5, 5.41) is 3.51. The molecule has 1 aromatic heterocycles. The molecule has 1 fully saturated rings. The first-order chi connectivity index (χ1) is 7.29. The molecule has 0 radical (unpaired) electrons. The van der Waals surface area contributed by atoms with Gasteiger partial charge in [-0.2, -0.15) is 0 Å². The van der Waals surface area contributed by atoms with Gasteiger partial charge in [0.05, 0.1) is 0 Å². The summed E-state index contributed by atoms with van der Waals surface area (Å²) in [6.07, 6.45) is 6.01. The van der Waals surface area contributed by atoms with Crippen molar-refractivity contribution >= 4 is 22.6 Å². The third kappa shape index (κ3) is 3.45. The predicted molar refractivity (Wildman–Crippen MR) is 69.9 cm³/mol. The van der Waals surface area contributed by atoms with Gasteiger partial charge in [-0.25, -0.2) is 4.98 Å². The van der Waals surface area contributed by atoms with Gasteiger partial charge < -0.3 is 9.88 Å². The monoisotopic (exact) mass is 319 g/mol. The second-order valence-electron chi connectivity index (χ2n) is 4.17. The van der Waals surface area contributed by atoms with Gasteiger partial charge >= 0.3 is 0 Å². The number of hydrogen-bond acceptors (Lipinski definition) is 2. The van der Waals surface area contributed by atoms with Crippen LogP contribution in [0.1, 0.15) is 25.6 Å². The Hall–Kier alpha value is -0.100. The Kier molecular flexibility index (Phi) is 4.02. The van der Waals surface area contributed by atoms with Crippen molar-refractivity contribution < 1.29 is 0 Å². The number of nitrogens with zero attached hydrogens (tertiary/aromatic N) is 2. The van der Waals surface area contributed by atoms with E-state index in [4.69, 9.17) is 0 Å². The van der Waals surface area contributed by atoms with Gasteiger partial charge in [-0.05, 0) is 47.9 Å². The van der Waals surface area contributed by atoms with E-state index in [1.54, 1.807) is 0 Å². The summed E-state index contributed by atoms with van der Waals surface area (Å²) in [5.41, 5.74) is 0. The molecule has 0 amide bonds. The smallest absolute Gasteiger partial charge is 0.119 e. The molecular formula is C11H18IN3. The van der Waals surface area contributed by atoms with Crippen LogP contribution in [0.25, 0.3) is 0 Å². The first-order valence-electron chi connectivity index (χ1n) is 5.72. The molecule has 1 aliphatic rings. The zero-order valence-corrected chi connectivity index (χ0v) is 11.3. The lowest BCUT2D eigenvalue weighted by molar-refractivity contribution is 0.563. The number of hydrogen-bond donors (Lipinski definition) is 1. The quantitative estimate of drug-likeness (QED) is 0.642. The molecule has 1 N–H and O–H groups in total. The van der Waals surface area contributed by atoms with E-state index in [-0.39, 0.29) is 0 Å². The number of imidazole rings is 1. The largest absolute Gasteiger partial charge is 0.333 e. The molecule has 4 heteroatoms. The van der Waals surface area contributed by atoms with Crippen molar-refractivity contribution in [2.75, 3.05) is 13.1 Å². The number of aryl methyl sites for hydroxylation is 1. The van der Waals surface area contributed by atoms with Crippen molar-refractivity contribution in [1.82, 2.24) is 14.9 Å². The topological polar surface area (TPSA) is 29.9 Å². The van der Waals surface area contributed by atoms with Gasteiger partial charge in [0.25, 0.3) is 0 Å². The molecule has 2 rings (SSSR count). The molecule has 0 spiro atoms. The molecule has 0 saturated heterocycles. The minimum atomic E-state index is 0.971. The lowest BCUT2D eigenvalue weighted by atomic mass is 10.4. The number of rotatable bonds is 6. The van der Waals surface area contributed by atoms with Crippen LogP contribution in [0.5, 0.6) is 0 Å². The second kappa shape index (κ2) is 5.30. The highest BCUT2D eigenvalue weighted by Crippen LogP contribution is 2.27. The van der Waals surface area contributed by atoms with E-state index in [2.05, 4.69) is 50.6 Å². The molecule has 1 aromatic rings. The maximum absolute atomic E-state index is 4.48. The van der Waals surface area contributed by atoms with Crippen molar-refractivity contribution in [3.8, 4) is 0 Å². The Morgan fingerprint density at radius 2 is 2.40 bits per heavy atom. The van der Waals surface area contributed by atoms with Crippen molar-refractivity contribution in [3.63, 3.8) is 0 Å². The molecule has 15 heavy (non-hydrogen) atoms. The standard InChI is InChI=1S/C11H18IN3/c1-2-11-14-10(12)8-15(11)6-5-13-7-9-3-4-9/h8-9,13H,2-7H2,1H3. The van der Waals surface area contributed by atoms with Crippen LogP contribution < -0.4 is 5.32 Å². The van der Waals surface area contributed by atoms with Crippen LogP contribution in [-0.4, -0.2) is 22.6 Å². The van der Waals surface area contributed by atoms with Gasteiger partial charge in [0.1, 0.15) is 9.53 Å². The maximum Gasteiger partial charge on any atom is 0.119 e. The highest BCUT2D eigenvalue weighted by Gasteiger charge is 2.19. The summed E-state index contributed by atoms with van der Waals surface area (Å²) >= 11 is 2.28. The number of nitrogens with one attached hydrogen (secondary N) is 1. The van der Waals surface area contributed by atoms with Gasteiger partial charge in [-0.1, -0.05) is 6.92 Å². The summed E-state index contributed by atoms with van der Waals surface area (Å²) in [5.74, 6) is 2.17. The van der Waals surface area contributed by atoms with E-state index in [1.807, 2.05) is 0 Å². The van der Waals surface area contributed by atoms with E-state index < -0.39 is 0 Å². The summed E-state index contributed by atoms with van der Waals surface area (Å²) in [6, 6.07) is 0. The Labute approximate surface area is 105 Å². The summed E-state index contributed by atoms with van der Waals surface area (Å²) in [7, 11) is 0.